The Balaban J connectivity index is 1.49. The van der Waals surface area contributed by atoms with Gasteiger partial charge in [0.25, 0.3) is 5.56 Å². The smallest absolute Gasteiger partial charge is 0.274 e. The van der Waals surface area contributed by atoms with Gasteiger partial charge in [0.2, 0.25) is 11.7 Å². The number of rotatable bonds is 3. The molecule has 6 heterocycles. The third-order valence-electron chi connectivity index (χ3n) is 6.00. The third-order valence-corrected chi connectivity index (χ3v) is 7.72. The number of pyridine rings is 1. The van der Waals surface area contributed by atoms with E-state index in [1.54, 1.807) is 21.3 Å². The molecule has 5 aromatic rings. The maximum atomic E-state index is 12.0. The molecule has 0 aromatic carbocycles. The lowest BCUT2D eigenvalue weighted by Crippen LogP contribution is -2.26. The van der Waals surface area contributed by atoms with Gasteiger partial charge in [0.1, 0.15) is 21.7 Å². The van der Waals surface area contributed by atoms with Crippen LogP contribution in [0.3, 0.4) is 0 Å². The highest BCUT2D eigenvalue weighted by Gasteiger charge is 2.28. The summed E-state index contributed by atoms with van der Waals surface area (Å²) in [4.78, 5) is 29.6. The van der Waals surface area contributed by atoms with Crippen LogP contribution in [0.15, 0.2) is 41.8 Å². The quantitative estimate of drug-likeness (QED) is 0.417. The number of aromatic nitrogens is 8. The Morgan fingerprint density at radius 2 is 1.97 bits per heavy atom. The monoisotopic (exact) mass is 465 g/mol. The highest BCUT2D eigenvalue weighted by atomic mass is 32.2. The lowest BCUT2D eigenvalue weighted by molar-refractivity contribution is 0.464. The zero-order valence-corrected chi connectivity index (χ0v) is 18.4. The van der Waals surface area contributed by atoms with Gasteiger partial charge in [0.05, 0.1) is 29.6 Å². The lowest BCUT2D eigenvalue weighted by Gasteiger charge is -2.23. The standard InChI is InChI=1S/C20H19N9O3S/c1-12-8-16-22-11-23-28(16)10-14(12)24-19-21-9-15-18(26-19)29(13-3-6-33(31,32)7-4-13)20-25-17(30)2-5-27(15)20/h2,5,8-11,13H,3-4,6-7H2,1H3,(H,21,24,26). The molecule has 1 aliphatic heterocycles. The number of nitrogens with one attached hydrogen (secondary N) is 1. The fraction of sp³-hybridized carbons (Fsp3) is 0.300. The molecule has 6 rings (SSSR count). The molecule has 12 nitrogen and oxygen atoms in total. The van der Waals surface area contributed by atoms with E-state index in [1.807, 2.05) is 23.8 Å². The van der Waals surface area contributed by atoms with Crippen molar-refractivity contribution in [3.05, 3.63) is 53.0 Å². The van der Waals surface area contributed by atoms with Crippen molar-refractivity contribution in [1.82, 2.24) is 38.5 Å². The van der Waals surface area contributed by atoms with Crippen LogP contribution in [0, 0.1) is 6.92 Å². The average molecular weight is 465 g/mol. The molecule has 1 fully saturated rings. The van der Waals surface area contributed by atoms with Crippen molar-refractivity contribution >= 4 is 44.1 Å². The third kappa shape index (κ3) is 3.31. The van der Waals surface area contributed by atoms with Crippen molar-refractivity contribution in [2.45, 2.75) is 25.8 Å². The highest BCUT2D eigenvalue weighted by Crippen LogP contribution is 2.30. The van der Waals surface area contributed by atoms with E-state index in [9.17, 15) is 13.2 Å². The Kier molecular flexibility index (Phi) is 4.24. The summed E-state index contributed by atoms with van der Waals surface area (Å²) in [6.07, 6.45) is 7.47. The lowest BCUT2D eigenvalue weighted by atomic mass is 10.1. The second-order valence-corrected chi connectivity index (χ2v) is 10.5. The number of hydrogen-bond donors (Lipinski definition) is 1. The minimum absolute atomic E-state index is 0.0911. The van der Waals surface area contributed by atoms with E-state index < -0.39 is 9.84 Å². The molecule has 0 saturated carbocycles. The number of fused-ring (bicyclic) bond motifs is 4. The van der Waals surface area contributed by atoms with Crippen molar-refractivity contribution in [1.29, 1.82) is 0 Å². The van der Waals surface area contributed by atoms with E-state index in [4.69, 9.17) is 4.98 Å². The molecule has 0 radical (unpaired) electrons. The molecule has 0 atom stereocenters. The van der Waals surface area contributed by atoms with Gasteiger partial charge in [-0.3, -0.25) is 13.8 Å². The summed E-state index contributed by atoms with van der Waals surface area (Å²) in [7, 11) is -3.05. The first-order valence-corrected chi connectivity index (χ1v) is 12.2. The molecule has 0 aliphatic carbocycles. The van der Waals surface area contributed by atoms with Crippen LogP contribution in [0.5, 0.6) is 0 Å². The molecule has 168 valence electrons. The zero-order chi connectivity index (χ0) is 22.7. The van der Waals surface area contributed by atoms with Crippen LogP contribution in [0.1, 0.15) is 24.4 Å². The Hall–Kier alpha value is -3.87. The van der Waals surface area contributed by atoms with E-state index in [2.05, 4.69) is 25.4 Å². The normalized spacial score (nSPS) is 16.6. The van der Waals surface area contributed by atoms with E-state index >= 15 is 0 Å². The van der Waals surface area contributed by atoms with Crippen molar-refractivity contribution in [3.8, 4) is 0 Å². The van der Waals surface area contributed by atoms with E-state index in [0.717, 1.165) is 16.9 Å². The minimum Gasteiger partial charge on any atom is -0.323 e. The molecule has 0 amide bonds. The largest absolute Gasteiger partial charge is 0.323 e. The topological polar surface area (TPSA) is 141 Å². The molecule has 0 bridgehead atoms. The van der Waals surface area contributed by atoms with Crippen molar-refractivity contribution < 1.29 is 8.42 Å². The van der Waals surface area contributed by atoms with E-state index in [1.165, 1.54) is 12.4 Å². The van der Waals surface area contributed by atoms with Gasteiger partial charge < -0.3 is 5.32 Å². The molecular formula is C20H19N9O3S. The van der Waals surface area contributed by atoms with Crippen molar-refractivity contribution in [3.63, 3.8) is 0 Å². The molecule has 0 unspecified atom stereocenters. The van der Waals surface area contributed by atoms with Crippen LogP contribution in [-0.2, 0) is 9.84 Å². The van der Waals surface area contributed by atoms with Crippen LogP contribution in [0.2, 0.25) is 0 Å². The number of nitrogens with zero attached hydrogens (tertiary/aromatic N) is 8. The summed E-state index contributed by atoms with van der Waals surface area (Å²) in [5, 5.41) is 7.40. The van der Waals surface area contributed by atoms with Crippen LogP contribution < -0.4 is 10.9 Å². The molecule has 13 heteroatoms. The summed E-state index contributed by atoms with van der Waals surface area (Å²) in [5.41, 5.74) is 3.34. The predicted molar refractivity (Wildman–Crippen MR) is 120 cm³/mol. The Bertz CT molecular complexity index is 1700. The van der Waals surface area contributed by atoms with Gasteiger partial charge in [-0.05, 0) is 31.4 Å². The summed E-state index contributed by atoms with van der Waals surface area (Å²) >= 11 is 0. The highest BCUT2D eigenvalue weighted by molar-refractivity contribution is 7.91. The average Bonchev–Trinajstić information content (AvgIpc) is 3.35. The van der Waals surface area contributed by atoms with E-state index in [0.29, 0.717) is 35.7 Å². The molecular weight excluding hydrogens is 446 g/mol. The minimum atomic E-state index is -3.05. The predicted octanol–water partition coefficient (Wildman–Crippen LogP) is 1.28. The van der Waals surface area contributed by atoms with Crippen molar-refractivity contribution in [2.75, 3.05) is 16.8 Å². The van der Waals surface area contributed by atoms with Crippen LogP contribution >= 0.6 is 0 Å². The Morgan fingerprint density at radius 3 is 2.79 bits per heavy atom. The molecule has 1 N–H and O–H groups in total. The Morgan fingerprint density at radius 1 is 1.15 bits per heavy atom. The molecule has 1 saturated heterocycles. The summed E-state index contributed by atoms with van der Waals surface area (Å²) in [6.45, 7) is 1.95. The fourth-order valence-electron chi connectivity index (χ4n) is 4.30. The summed E-state index contributed by atoms with van der Waals surface area (Å²) in [5.74, 6) is 0.968. The number of aryl methyl sites for hydroxylation is 1. The second kappa shape index (κ2) is 7.07. The Labute approximate surface area is 186 Å². The van der Waals surface area contributed by atoms with Gasteiger partial charge in [-0.25, -0.2) is 22.9 Å². The fourth-order valence-corrected chi connectivity index (χ4v) is 5.77. The first-order chi connectivity index (χ1) is 15.9. The molecule has 1 aliphatic rings. The van der Waals surface area contributed by atoms with Gasteiger partial charge in [-0.2, -0.15) is 15.1 Å². The first-order valence-electron chi connectivity index (χ1n) is 10.4. The maximum absolute atomic E-state index is 12.0. The summed E-state index contributed by atoms with van der Waals surface area (Å²) < 4.78 is 29.2. The number of anilines is 2. The maximum Gasteiger partial charge on any atom is 0.274 e. The van der Waals surface area contributed by atoms with Crippen molar-refractivity contribution in [2.24, 2.45) is 0 Å². The van der Waals surface area contributed by atoms with Gasteiger partial charge in [0.15, 0.2) is 11.3 Å². The van der Waals surface area contributed by atoms with Crippen LogP contribution in [-0.4, -0.2) is 58.4 Å². The van der Waals surface area contributed by atoms with Gasteiger partial charge in [-0.1, -0.05) is 0 Å². The van der Waals surface area contributed by atoms with E-state index in [-0.39, 0.29) is 23.1 Å². The van der Waals surface area contributed by atoms with Crippen LogP contribution in [0.25, 0.3) is 22.6 Å². The first kappa shape index (κ1) is 19.8. The van der Waals surface area contributed by atoms with Gasteiger partial charge in [0, 0.05) is 18.3 Å². The van der Waals surface area contributed by atoms with Gasteiger partial charge >= 0.3 is 0 Å². The molecule has 33 heavy (non-hydrogen) atoms. The zero-order valence-electron chi connectivity index (χ0n) is 17.6. The molecule has 5 aromatic heterocycles. The second-order valence-electron chi connectivity index (χ2n) is 8.15. The summed E-state index contributed by atoms with van der Waals surface area (Å²) in [6, 6.07) is 3.14. The van der Waals surface area contributed by atoms with Crippen LogP contribution in [0.4, 0.5) is 11.6 Å². The van der Waals surface area contributed by atoms with Gasteiger partial charge in [-0.15, -0.1) is 0 Å². The SMILES string of the molecule is Cc1cc2ncnn2cc1Nc1ncc2c(n1)n(C1CCS(=O)(=O)CC1)c1nc(=O)ccn21. The number of imidazole rings is 1. The number of hydrogen-bond acceptors (Lipinski definition) is 9. The number of sulfone groups is 1. The molecule has 0 spiro atoms.